The van der Waals surface area contributed by atoms with Crippen LogP contribution in [0.5, 0.6) is 0 Å². The summed E-state index contributed by atoms with van der Waals surface area (Å²) in [5.74, 6) is -0.0975. The van der Waals surface area contributed by atoms with Crippen molar-refractivity contribution >= 4 is 68.4 Å². The molecule has 4 aromatic carbocycles. The molecule has 6 heterocycles. The van der Waals surface area contributed by atoms with Crippen LogP contribution in [0.15, 0.2) is 159 Å². The fourth-order valence-corrected chi connectivity index (χ4v) is 7.74. The largest absolute Gasteiger partial charge is 0.399 e. The SMILES string of the molecule is CC(C)(C(=O)Cl)c1ccc(Cl)cc1.Cn1cc(-c2cc3c(-c4ccc(N)cc4)ncnn3c2)cn1.Cn1cc(-c2cc3c(-c4ccc(NC(=O)C(C)(C)c5ccc(Cl)cc5)cc4)ncnn3c2)cn1. The van der Waals surface area contributed by atoms with Crippen LogP contribution in [-0.4, -0.2) is 59.9 Å². The van der Waals surface area contributed by atoms with Crippen molar-refractivity contribution in [2.75, 3.05) is 11.1 Å². The quantitative estimate of drug-likeness (QED) is 0.106. The Labute approximate surface area is 413 Å². The summed E-state index contributed by atoms with van der Waals surface area (Å²) in [5, 5.41) is 21.1. The normalized spacial score (nSPS) is 11.4. The van der Waals surface area contributed by atoms with Gasteiger partial charge < -0.3 is 11.1 Å². The van der Waals surface area contributed by atoms with Crippen LogP contribution in [-0.2, 0) is 34.5 Å². The van der Waals surface area contributed by atoms with Crippen molar-refractivity contribution in [2.45, 2.75) is 38.5 Å². The summed E-state index contributed by atoms with van der Waals surface area (Å²) in [6.45, 7) is 7.35. The maximum Gasteiger partial charge on any atom is 0.234 e. The number of amides is 1. The van der Waals surface area contributed by atoms with Crippen molar-refractivity contribution in [3.8, 4) is 44.8 Å². The molecule has 0 saturated heterocycles. The van der Waals surface area contributed by atoms with Crippen LogP contribution in [0.1, 0.15) is 38.8 Å². The Balaban J connectivity index is 0.000000156. The van der Waals surface area contributed by atoms with Crippen LogP contribution in [0.3, 0.4) is 0 Å². The average Bonchev–Trinajstić information content (AvgIpc) is 4.17. The van der Waals surface area contributed by atoms with Gasteiger partial charge in [-0.1, -0.05) is 71.7 Å². The fraction of sp³-hybridized carbons (Fsp3) is 0.154. The Morgan fingerprint density at radius 3 is 1.36 bits per heavy atom. The van der Waals surface area contributed by atoms with Crippen molar-refractivity contribution in [3.63, 3.8) is 0 Å². The number of nitrogens with two attached hydrogens (primary N) is 1. The van der Waals surface area contributed by atoms with Gasteiger partial charge in [-0.25, -0.2) is 19.0 Å². The molecule has 1 amide bonds. The molecule has 348 valence electrons. The lowest BCUT2D eigenvalue weighted by Gasteiger charge is -2.24. The summed E-state index contributed by atoms with van der Waals surface area (Å²) in [7, 11) is 3.79. The third kappa shape index (κ3) is 10.7. The van der Waals surface area contributed by atoms with E-state index >= 15 is 0 Å². The second-order valence-corrected chi connectivity index (χ2v) is 18.5. The molecular weight excluding hydrogens is 931 g/mol. The van der Waals surface area contributed by atoms with Crippen LogP contribution < -0.4 is 11.1 Å². The van der Waals surface area contributed by atoms with E-state index in [1.54, 1.807) is 60.1 Å². The molecule has 0 fully saturated rings. The van der Waals surface area contributed by atoms with Crippen LogP contribution in [0.4, 0.5) is 11.4 Å². The number of carbonyl (C=O) groups excluding carboxylic acids is 2. The Bertz CT molecular complexity index is 3410. The van der Waals surface area contributed by atoms with E-state index in [1.807, 2.05) is 147 Å². The number of fused-ring (bicyclic) bond motifs is 2. The Kier molecular flexibility index (Phi) is 13.8. The summed E-state index contributed by atoms with van der Waals surface area (Å²) in [4.78, 5) is 33.0. The molecule has 69 heavy (non-hydrogen) atoms. The number of halogens is 3. The fourth-order valence-electron chi connectivity index (χ4n) is 7.38. The van der Waals surface area contributed by atoms with Gasteiger partial charge in [0.15, 0.2) is 0 Å². The highest BCUT2D eigenvalue weighted by Gasteiger charge is 2.30. The van der Waals surface area contributed by atoms with E-state index in [1.165, 1.54) is 0 Å². The number of rotatable bonds is 9. The van der Waals surface area contributed by atoms with E-state index in [0.29, 0.717) is 15.7 Å². The first-order valence-corrected chi connectivity index (χ1v) is 22.7. The third-order valence-corrected chi connectivity index (χ3v) is 12.7. The summed E-state index contributed by atoms with van der Waals surface area (Å²) in [5.41, 5.74) is 17.2. The molecule has 0 saturated carbocycles. The van der Waals surface area contributed by atoms with Gasteiger partial charge in [0.1, 0.15) is 12.7 Å². The predicted molar refractivity (Wildman–Crippen MR) is 274 cm³/mol. The number of nitrogens with zero attached hydrogens (tertiary/aromatic N) is 10. The van der Waals surface area contributed by atoms with Crippen LogP contribution in [0.2, 0.25) is 10.0 Å². The first-order chi connectivity index (χ1) is 33.0. The second-order valence-electron chi connectivity index (χ2n) is 17.3. The zero-order chi connectivity index (χ0) is 49.0. The van der Waals surface area contributed by atoms with Crippen molar-refractivity contribution in [1.29, 1.82) is 0 Å². The van der Waals surface area contributed by atoms with Crippen molar-refractivity contribution < 1.29 is 9.59 Å². The maximum absolute atomic E-state index is 13.0. The lowest BCUT2D eigenvalue weighted by molar-refractivity contribution is -0.120. The maximum atomic E-state index is 13.0. The molecule has 17 heteroatoms. The standard InChI is InChI=1S/C26H23ClN6O.C16H14N6.C10H10Cl2O/c1-26(2,20-6-8-21(27)9-7-20)25(34)31-22-10-4-17(5-11-22)24-23-12-18(15-33(23)30-16-28-24)19-13-29-32(3)14-19;1-21-8-13(7-19-21)12-6-15-16(18-10-20-22(15)9-12)11-2-4-14(17)5-3-11;1-10(2,9(12)13)7-3-5-8(11)6-4-7/h4-16H,1-3H3,(H,31,34);2-10H,17H2,1H3;3-6H,1-2H3. The third-order valence-electron chi connectivity index (χ3n) is 11.7. The van der Waals surface area contributed by atoms with E-state index < -0.39 is 10.8 Å². The van der Waals surface area contributed by atoms with Crippen molar-refractivity contribution in [1.82, 2.24) is 48.8 Å². The molecule has 10 rings (SSSR count). The van der Waals surface area contributed by atoms with Crippen LogP contribution >= 0.6 is 34.8 Å². The highest BCUT2D eigenvalue weighted by atomic mass is 35.5. The monoisotopic (exact) mass is 976 g/mol. The van der Waals surface area contributed by atoms with Gasteiger partial charge >= 0.3 is 0 Å². The topological polar surface area (TPSA) is 168 Å². The lowest BCUT2D eigenvalue weighted by atomic mass is 9.83. The summed E-state index contributed by atoms with van der Waals surface area (Å²) >= 11 is 17.2. The number of benzene rings is 4. The van der Waals surface area contributed by atoms with Crippen molar-refractivity contribution in [3.05, 3.63) is 180 Å². The number of hydrogen-bond acceptors (Lipinski definition) is 9. The first kappa shape index (κ1) is 47.8. The smallest absolute Gasteiger partial charge is 0.234 e. The zero-order valence-corrected chi connectivity index (χ0v) is 40.8. The molecule has 14 nitrogen and oxygen atoms in total. The van der Waals surface area contributed by atoms with Gasteiger partial charge in [-0.3, -0.25) is 19.0 Å². The summed E-state index contributed by atoms with van der Waals surface area (Å²) in [6.07, 6.45) is 14.6. The summed E-state index contributed by atoms with van der Waals surface area (Å²) in [6, 6.07) is 33.9. The molecule has 0 aliphatic carbocycles. The van der Waals surface area contributed by atoms with Crippen LogP contribution in [0, 0.1) is 0 Å². The van der Waals surface area contributed by atoms with Gasteiger partial charge in [-0.2, -0.15) is 20.4 Å². The molecule has 6 aromatic heterocycles. The number of aryl methyl sites for hydroxylation is 2. The molecule has 0 atom stereocenters. The van der Waals surface area contributed by atoms with Gasteiger partial charge in [-0.05, 0) is 111 Å². The minimum atomic E-state index is -0.712. The van der Waals surface area contributed by atoms with Gasteiger partial charge in [0.05, 0.1) is 45.6 Å². The number of aromatic nitrogens is 10. The minimum absolute atomic E-state index is 0.0975. The lowest BCUT2D eigenvalue weighted by Crippen LogP contribution is -2.34. The average molecular weight is 978 g/mol. The number of nitrogens with one attached hydrogen (secondary N) is 1. The molecule has 0 aliphatic heterocycles. The van der Waals surface area contributed by atoms with E-state index in [4.69, 9.17) is 40.5 Å². The molecule has 10 aromatic rings. The van der Waals surface area contributed by atoms with Gasteiger partial charge in [0.2, 0.25) is 11.1 Å². The molecule has 0 spiro atoms. The van der Waals surface area contributed by atoms with Gasteiger partial charge in [0, 0.05) is 93.7 Å². The van der Waals surface area contributed by atoms with Gasteiger partial charge in [0.25, 0.3) is 0 Å². The molecule has 0 bridgehead atoms. The molecule has 0 unspecified atom stereocenters. The van der Waals surface area contributed by atoms with E-state index in [0.717, 1.165) is 72.6 Å². The number of carbonyl (C=O) groups is 2. The van der Waals surface area contributed by atoms with E-state index in [9.17, 15) is 9.59 Å². The Morgan fingerprint density at radius 2 is 0.957 bits per heavy atom. The van der Waals surface area contributed by atoms with Crippen LogP contribution in [0.25, 0.3) is 55.8 Å². The van der Waals surface area contributed by atoms with Gasteiger partial charge in [-0.15, -0.1) is 0 Å². The number of hydrogen-bond donors (Lipinski definition) is 2. The molecule has 0 aliphatic rings. The zero-order valence-electron chi connectivity index (χ0n) is 38.5. The number of anilines is 2. The number of nitrogen functional groups attached to an aromatic ring is 1. The Morgan fingerprint density at radius 1 is 0.536 bits per heavy atom. The van der Waals surface area contributed by atoms with Crippen molar-refractivity contribution in [2.24, 2.45) is 14.1 Å². The molecule has 0 radical (unpaired) electrons. The van der Waals surface area contributed by atoms with E-state index in [2.05, 4.69) is 47.8 Å². The molecule has 3 N–H and O–H groups in total. The minimum Gasteiger partial charge on any atom is -0.399 e. The highest BCUT2D eigenvalue weighted by molar-refractivity contribution is 6.65. The highest BCUT2D eigenvalue weighted by Crippen LogP contribution is 2.32. The Hall–Kier alpha value is -7.65. The van der Waals surface area contributed by atoms with E-state index in [-0.39, 0.29) is 11.1 Å². The first-order valence-electron chi connectivity index (χ1n) is 21.6. The molecular formula is C52H47Cl3N12O2. The second kappa shape index (κ2) is 19.9. The predicted octanol–water partition coefficient (Wildman–Crippen LogP) is 11.1. The summed E-state index contributed by atoms with van der Waals surface area (Å²) < 4.78 is 7.20.